The van der Waals surface area contributed by atoms with Crippen LogP contribution in [-0.4, -0.2) is 41.6 Å². The Morgan fingerprint density at radius 1 is 1.50 bits per heavy atom. The predicted octanol–water partition coefficient (Wildman–Crippen LogP) is 1.80. The number of piperidine rings is 1. The van der Waals surface area contributed by atoms with Gasteiger partial charge < -0.3 is 5.73 Å². The van der Waals surface area contributed by atoms with Crippen LogP contribution >= 0.6 is 11.8 Å². The van der Waals surface area contributed by atoms with Crippen molar-refractivity contribution in [3.8, 4) is 0 Å². The molecule has 0 bridgehead atoms. The molecule has 1 saturated heterocycles. The predicted molar refractivity (Wildman–Crippen MR) is 65.8 cm³/mol. The lowest BCUT2D eigenvalue weighted by molar-refractivity contribution is 0.0715. The van der Waals surface area contributed by atoms with Crippen molar-refractivity contribution in [2.75, 3.05) is 18.6 Å². The van der Waals surface area contributed by atoms with Gasteiger partial charge in [0.15, 0.2) is 0 Å². The summed E-state index contributed by atoms with van der Waals surface area (Å²) in [5, 5.41) is 0. The largest absolute Gasteiger partial charge is 0.327 e. The van der Waals surface area contributed by atoms with Crippen molar-refractivity contribution >= 4 is 11.8 Å². The zero-order valence-corrected chi connectivity index (χ0v) is 10.7. The molecule has 4 atom stereocenters. The summed E-state index contributed by atoms with van der Waals surface area (Å²) in [5.41, 5.74) is 6.07. The van der Waals surface area contributed by atoms with Crippen molar-refractivity contribution in [3.63, 3.8) is 0 Å². The van der Waals surface area contributed by atoms with Gasteiger partial charge in [-0.05, 0) is 32.4 Å². The second kappa shape index (κ2) is 5.38. The highest BCUT2D eigenvalue weighted by Crippen LogP contribution is 2.24. The van der Waals surface area contributed by atoms with Gasteiger partial charge in [0, 0.05) is 30.4 Å². The van der Waals surface area contributed by atoms with Gasteiger partial charge in [0.1, 0.15) is 0 Å². The molecule has 0 aromatic heterocycles. The molecule has 1 fully saturated rings. The minimum Gasteiger partial charge on any atom is -0.327 e. The van der Waals surface area contributed by atoms with Crippen molar-refractivity contribution in [1.29, 1.82) is 0 Å². The summed E-state index contributed by atoms with van der Waals surface area (Å²) in [6, 6.07) is 1.73. The topological polar surface area (TPSA) is 29.3 Å². The smallest absolute Gasteiger partial charge is 0.0160 e. The SMILES string of the molecule is CSCC(C)N1CCC(N)C(C)C1C. The van der Waals surface area contributed by atoms with Crippen LogP contribution in [0.5, 0.6) is 0 Å². The second-order valence-corrected chi connectivity index (χ2v) is 5.51. The Balaban J connectivity index is 2.53. The first-order valence-electron chi connectivity index (χ1n) is 5.58. The van der Waals surface area contributed by atoms with E-state index in [1.807, 2.05) is 11.8 Å². The van der Waals surface area contributed by atoms with E-state index in [4.69, 9.17) is 5.73 Å². The molecule has 2 N–H and O–H groups in total. The van der Waals surface area contributed by atoms with Gasteiger partial charge in [0.25, 0.3) is 0 Å². The maximum Gasteiger partial charge on any atom is 0.0160 e. The first-order chi connectivity index (χ1) is 6.57. The molecule has 0 radical (unpaired) electrons. The molecule has 3 heteroatoms. The van der Waals surface area contributed by atoms with Crippen LogP contribution in [0.15, 0.2) is 0 Å². The highest BCUT2D eigenvalue weighted by atomic mass is 32.2. The third-order valence-corrected chi connectivity index (χ3v) is 4.47. The number of hydrogen-bond donors (Lipinski definition) is 1. The molecular weight excluding hydrogens is 192 g/mol. The Morgan fingerprint density at radius 3 is 2.71 bits per heavy atom. The number of hydrogen-bond acceptors (Lipinski definition) is 3. The molecule has 1 heterocycles. The fourth-order valence-corrected chi connectivity index (χ4v) is 3.06. The number of thioether (sulfide) groups is 1. The van der Waals surface area contributed by atoms with E-state index in [1.54, 1.807) is 0 Å². The standard InChI is InChI=1S/C11H24N2S/c1-8(7-14-4)13-6-5-11(12)9(2)10(13)3/h8-11H,5-7,12H2,1-4H3. The van der Waals surface area contributed by atoms with Crippen molar-refractivity contribution < 1.29 is 0 Å². The fourth-order valence-electron chi connectivity index (χ4n) is 2.38. The quantitative estimate of drug-likeness (QED) is 0.780. The van der Waals surface area contributed by atoms with E-state index >= 15 is 0 Å². The molecule has 0 amide bonds. The highest BCUT2D eigenvalue weighted by Gasteiger charge is 2.32. The molecule has 1 aliphatic rings. The van der Waals surface area contributed by atoms with Crippen LogP contribution in [0, 0.1) is 5.92 Å². The van der Waals surface area contributed by atoms with E-state index in [9.17, 15) is 0 Å². The molecule has 0 aromatic carbocycles. The Morgan fingerprint density at radius 2 is 2.14 bits per heavy atom. The summed E-state index contributed by atoms with van der Waals surface area (Å²) in [6.07, 6.45) is 3.34. The molecule has 2 nitrogen and oxygen atoms in total. The third kappa shape index (κ3) is 2.65. The molecule has 84 valence electrons. The van der Waals surface area contributed by atoms with E-state index < -0.39 is 0 Å². The van der Waals surface area contributed by atoms with E-state index in [1.165, 1.54) is 12.3 Å². The molecule has 1 aliphatic heterocycles. The fraction of sp³-hybridized carbons (Fsp3) is 1.00. The second-order valence-electron chi connectivity index (χ2n) is 4.59. The van der Waals surface area contributed by atoms with Crippen LogP contribution < -0.4 is 5.73 Å². The van der Waals surface area contributed by atoms with E-state index in [0.717, 1.165) is 6.42 Å². The molecule has 0 saturated carbocycles. The lowest BCUT2D eigenvalue weighted by atomic mass is 9.87. The van der Waals surface area contributed by atoms with Crippen LogP contribution in [-0.2, 0) is 0 Å². The number of nitrogens with two attached hydrogens (primary N) is 1. The Bertz CT molecular complexity index is 175. The lowest BCUT2D eigenvalue weighted by Gasteiger charge is -2.44. The van der Waals surface area contributed by atoms with Gasteiger partial charge in [-0.2, -0.15) is 11.8 Å². The Labute approximate surface area is 92.6 Å². The van der Waals surface area contributed by atoms with Crippen LogP contribution in [0.2, 0.25) is 0 Å². The maximum absolute atomic E-state index is 6.07. The Hall–Kier alpha value is 0.270. The van der Waals surface area contributed by atoms with Gasteiger partial charge in [0.2, 0.25) is 0 Å². The normalized spacial score (nSPS) is 37.1. The molecule has 4 unspecified atom stereocenters. The number of rotatable bonds is 3. The molecule has 0 spiro atoms. The summed E-state index contributed by atoms with van der Waals surface area (Å²) >= 11 is 1.93. The van der Waals surface area contributed by atoms with Crippen molar-refractivity contribution in [2.45, 2.75) is 45.3 Å². The summed E-state index contributed by atoms with van der Waals surface area (Å²) in [5.74, 6) is 1.86. The third-order valence-electron chi connectivity index (χ3n) is 3.65. The van der Waals surface area contributed by atoms with Gasteiger partial charge >= 0.3 is 0 Å². The Kier molecular flexibility index (Phi) is 4.74. The van der Waals surface area contributed by atoms with E-state index in [0.29, 0.717) is 24.0 Å². The minimum absolute atomic E-state index is 0.405. The van der Waals surface area contributed by atoms with Gasteiger partial charge in [0.05, 0.1) is 0 Å². The first-order valence-corrected chi connectivity index (χ1v) is 6.97. The number of nitrogens with zero attached hydrogens (tertiary/aromatic N) is 1. The summed E-state index contributed by atoms with van der Waals surface area (Å²) in [4.78, 5) is 2.62. The van der Waals surface area contributed by atoms with Gasteiger partial charge in [-0.25, -0.2) is 0 Å². The molecule has 1 rings (SSSR count). The van der Waals surface area contributed by atoms with Crippen LogP contribution in [0.4, 0.5) is 0 Å². The number of likely N-dealkylation sites (tertiary alicyclic amines) is 1. The first kappa shape index (κ1) is 12.3. The maximum atomic E-state index is 6.07. The van der Waals surface area contributed by atoms with Crippen molar-refractivity contribution in [1.82, 2.24) is 4.90 Å². The summed E-state index contributed by atoms with van der Waals surface area (Å²) < 4.78 is 0. The molecule has 0 aromatic rings. The zero-order valence-electron chi connectivity index (χ0n) is 9.86. The van der Waals surface area contributed by atoms with Crippen molar-refractivity contribution in [2.24, 2.45) is 11.7 Å². The summed E-state index contributed by atoms with van der Waals surface area (Å²) in [6.45, 7) is 8.11. The summed E-state index contributed by atoms with van der Waals surface area (Å²) in [7, 11) is 0. The average Bonchev–Trinajstić information content (AvgIpc) is 2.15. The van der Waals surface area contributed by atoms with Gasteiger partial charge in [-0.1, -0.05) is 6.92 Å². The highest BCUT2D eigenvalue weighted by molar-refractivity contribution is 7.98. The van der Waals surface area contributed by atoms with Gasteiger partial charge in [-0.15, -0.1) is 0 Å². The minimum atomic E-state index is 0.405. The molecule has 14 heavy (non-hydrogen) atoms. The lowest BCUT2D eigenvalue weighted by Crippen LogP contribution is -2.55. The van der Waals surface area contributed by atoms with Crippen LogP contribution in [0.3, 0.4) is 0 Å². The zero-order chi connectivity index (χ0) is 10.7. The van der Waals surface area contributed by atoms with Gasteiger partial charge in [-0.3, -0.25) is 4.90 Å². The average molecular weight is 216 g/mol. The van der Waals surface area contributed by atoms with E-state index in [2.05, 4.69) is 31.9 Å². The van der Waals surface area contributed by atoms with Crippen molar-refractivity contribution in [3.05, 3.63) is 0 Å². The molecular formula is C11H24N2S. The van der Waals surface area contributed by atoms with Crippen LogP contribution in [0.1, 0.15) is 27.2 Å². The van der Waals surface area contributed by atoms with Crippen LogP contribution in [0.25, 0.3) is 0 Å². The monoisotopic (exact) mass is 216 g/mol. The molecule has 0 aliphatic carbocycles. The van der Waals surface area contributed by atoms with E-state index in [-0.39, 0.29) is 0 Å².